The van der Waals surface area contributed by atoms with Crippen LogP contribution in [0.25, 0.3) is 0 Å². The van der Waals surface area contributed by atoms with Gasteiger partial charge in [-0.3, -0.25) is 4.79 Å². The molecule has 1 unspecified atom stereocenters. The molecule has 118 valence electrons. The van der Waals surface area contributed by atoms with Gasteiger partial charge < -0.3 is 9.84 Å². The van der Waals surface area contributed by atoms with Gasteiger partial charge >= 0.3 is 5.97 Å². The summed E-state index contributed by atoms with van der Waals surface area (Å²) in [4.78, 5) is 11.9. The Labute approximate surface area is 135 Å². The van der Waals surface area contributed by atoms with Crippen molar-refractivity contribution in [3.63, 3.8) is 0 Å². The molecular weight excluding hydrogens is 288 g/mol. The fourth-order valence-corrected chi connectivity index (χ4v) is 4.01. The molecule has 1 aliphatic carbocycles. The normalized spacial score (nSPS) is 20.3. The molecule has 1 fully saturated rings. The first-order valence-corrected chi connectivity index (χ1v) is 8.38. The largest absolute Gasteiger partial charge is 0.481 e. The molecule has 23 heavy (non-hydrogen) atoms. The number of hydrogen-bond acceptors (Lipinski definition) is 2. The molecule has 1 saturated carbocycles. The maximum Gasteiger partial charge on any atom is 0.315 e. The van der Waals surface area contributed by atoms with Crippen LogP contribution >= 0.6 is 0 Å². The van der Waals surface area contributed by atoms with E-state index in [4.69, 9.17) is 4.74 Å². The summed E-state index contributed by atoms with van der Waals surface area (Å²) >= 11 is 0. The van der Waals surface area contributed by atoms with Crippen molar-refractivity contribution in [2.45, 2.75) is 43.9 Å². The summed E-state index contributed by atoms with van der Waals surface area (Å²) in [5, 5.41) is 9.78. The average Bonchev–Trinajstić information content (AvgIpc) is 2.59. The fourth-order valence-electron chi connectivity index (χ4n) is 4.01. The molecule has 0 amide bonds. The number of benzene rings is 2. The monoisotopic (exact) mass is 308 g/mol. The highest BCUT2D eigenvalue weighted by molar-refractivity contribution is 5.84. The zero-order chi connectivity index (χ0) is 15.8. The van der Waals surface area contributed by atoms with Crippen molar-refractivity contribution >= 4 is 5.97 Å². The van der Waals surface area contributed by atoms with Crippen LogP contribution in [0, 0.1) is 0 Å². The summed E-state index contributed by atoms with van der Waals surface area (Å²) in [5.41, 5.74) is 2.72. The third-order valence-corrected chi connectivity index (χ3v) is 5.12. The van der Waals surface area contributed by atoms with E-state index >= 15 is 0 Å². The summed E-state index contributed by atoms with van der Waals surface area (Å²) in [6.07, 6.45) is 6.12. The summed E-state index contributed by atoms with van der Waals surface area (Å²) in [7, 11) is 0. The Morgan fingerprint density at radius 1 is 0.913 bits per heavy atom. The highest BCUT2D eigenvalue weighted by Gasteiger charge is 2.34. The molecule has 0 spiro atoms. The second-order valence-corrected chi connectivity index (χ2v) is 6.51. The summed E-state index contributed by atoms with van der Waals surface area (Å²) in [5.74, 6) is 0.487. The lowest BCUT2D eigenvalue weighted by atomic mass is 9.80. The van der Waals surface area contributed by atoms with E-state index in [2.05, 4.69) is 6.07 Å². The molecule has 0 saturated heterocycles. The van der Waals surface area contributed by atoms with Crippen LogP contribution in [0.1, 0.15) is 60.6 Å². The molecule has 3 heteroatoms. The van der Waals surface area contributed by atoms with Crippen LogP contribution in [0.4, 0.5) is 0 Å². The first kappa shape index (κ1) is 14.3. The van der Waals surface area contributed by atoms with Crippen LogP contribution in [0.3, 0.4) is 0 Å². The molecule has 0 aromatic heterocycles. The Kier molecular flexibility index (Phi) is 3.56. The van der Waals surface area contributed by atoms with Crippen molar-refractivity contribution in [2.24, 2.45) is 0 Å². The Balaban J connectivity index is 1.85. The first-order valence-electron chi connectivity index (χ1n) is 8.38. The van der Waals surface area contributed by atoms with Crippen LogP contribution in [0.15, 0.2) is 42.5 Å². The van der Waals surface area contributed by atoms with Gasteiger partial charge in [0.15, 0.2) is 0 Å². The van der Waals surface area contributed by atoms with Crippen molar-refractivity contribution in [2.75, 3.05) is 0 Å². The highest BCUT2D eigenvalue weighted by atomic mass is 16.5. The molecule has 0 bridgehead atoms. The van der Waals surface area contributed by atoms with Crippen molar-refractivity contribution < 1.29 is 14.6 Å². The lowest BCUT2D eigenvalue weighted by molar-refractivity contribution is -0.137. The van der Waals surface area contributed by atoms with Crippen LogP contribution in [-0.2, 0) is 4.79 Å². The third kappa shape index (κ3) is 2.40. The van der Waals surface area contributed by atoms with Gasteiger partial charge in [-0.1, -0.05) is 55.7 Å². The van der Waals surface area contributed by atoms with E-state index < -0.39 is 11.9 Å². The highest BCUT2D eigenvalue weighted by Crippen LogP contribution is 2.49. The summed E-state index contributed by atoms with van der Waals surface area (Å²) in [6.45, 7) is 0. The van der Waals surface area contributed by atoms with E-state index in [1.165, 1.54) is 37.7 Å². The average molecular weight is 308 g/mol. The molecule has 4 rings (SSSR count). The van der Waals surface area contributed by atoms with Gasteiger partial charge in [-0.25, -0.2) is 0 Å². The summed E-state index contributed by atoms with van der Waals surface area (Å²) < 4.78 is 6.18. The lowest BCUT2D eigenvalue weighted by Crippen LogP contribution is -2.20. The number of carboxylic acids is 1. The van der Waals surface area contributed by atoms with Crippen LogP contribution in [0.5, 0.6) is 11.5 Å². The molecule has 1 aliphatic heterocycles. The number of aliphatic carboxylic acids is 1. The predicted octanol–water partition coefficient (Wildman–Crippen LogP) is 5.06. The van der Waals surface area contributed by atoms with Gasteiger partial charge in [-0.05, 0) is 30.4 Å². The molecule has 1 atom stereocenters. The van der Waals surface area contributed by atoms with E-state index in [1.54, 1.807) is 0 Å². The van der Waals surface area contributed by atoms with Crippen LogP contribution < -0.4 is 4.74 Å². The zero-order valence-electron chi connectivity index (χ0n) is 13.0. The van der Waals surface area contributed by atoms with Gasteiger partial charge in [0.25, 0.3) is 0 Å². The SMILES string of the molecule is O=C(O)C1c2ccccc2Oc2c(C3CCCCC3)cccc21. The van der Waals surface area contributed by atoms with E-state index in [-0.39, 0.29) is 0 Å². The molecule has 3 nitrogen and oxygen atoms in total. The smallest absolute Gasteiger partial charge is 0.315 e. The minimum Gasteiger partial charge on any atom is -0.481 e. The number of carbonyl (C=O) groups is 1. The summed E-state index contributed by atoms with van der Waals surface area (Å²) in [6, 6.07) is 13.5. The standard InChI is InChI=1S/C20H20O3/c21-20(22)18-15-9-4-5-12-17(15)23-19-14(10-6-11-16(18)19)13-7-2-1-3-8-13/h4-6,9-13,18H,1-3,7-8H2,(H,21,22). The van der Waals surface area contributed by atoms with E-state index in [0.717, 1.165) is 16.9 Å². The molecule has 2 aliphatic rings. The van der Waals surface area contributed by atoms with Crippen LogP contribution in [-0.4, -0.2) is 11.1 Å². The Morgan fingerprint density at radius 3 is 2.39 bits per heavy atom. The van der Waals surface area contributed by atoms with Gasteiger partial charge in [0.2, 0.25) is 0 Å². The maximum absolute atomic E-state index is 11.9. The molecule has 1 N–H and O–H groups in total. The minimum atomic E-state index is -0.817. The number of ether oxygens (including phenoxy) is 1. The van der Waals surface area contributed by atoms with Gasteiger partial charge in [0.1, 0.15) is 17.4 Å². The van der Waals surface area contributed by atoms with E-state index in [1.807, 2.05) is 36.4 Å². The maximum atomic E-state index is 11.9. The van der Waals surface area contributed by atoms with Crippen molar-refractivity contribution in [3.05, 3.63) is 59.2 Å². The van der Waals surface area contributed by atoms with Crippen molar-refractivity contribution in [3.8, 4) is 11.5 Å². The topological polar surface area (TPSA) is 46.5 Å². The number of carboxylic acid groups (broad SMARTS) is 1. The predicted molar refractivity (Wildman–Crippen MR) is 88.3 cm³/mol. The molecule has 2 aromatic carbocycles. The molecule has 2 aromatic rings. The Hall–Kier alpha value is -2.29. The first-order chi connectivity index (χ1) is 11.3. The Morgan fingerprint density at radius 2 is 1.61 bits per heavy atom. The van der Waals surface area contributed by atoms with E-state index in [9.17, 15) is 9.90 Å². The van der Waals surface area contributed by atoms with Gasteiger partial charge in [0, 0.05) is 11.1 Å². The second kappa shape index (κ2) is 5.73. The number of hydrogen-bond donors (Lipinski definition) is 1. The molecule has 0 radical (unpaired) electrons. The fraction of sp³-hybridized carbons (Fsp3) is 0.350. The number of para-hydroxylation sites is 2. The molecule has 1 heterocycles. The lowest BCUT2D eigenvalue weighted by Gasteiger charge is -2.30. The van der Waals surface area contributed by atoms with Crippen LogP contribution in [0.2, 0.25) is 0 Å². The quantitative estimate of drug-likeness (QED) is 0.843. The van der Waals surface area contributed by atoms with Crippen molar-refractivity contribution in [1.82, 2.24) is 0 Å². The van der Waals surface area contributed by atoms with Crippen molar-refractivity contribution in [1.29, 1.82) is 0 Å². The zero-order valence-corrected chi connectivity index (χ0v) is 13.0. The minimum absolute atomic E-state index is 0.485. The number of fused-ring (bicyclic) bond motifs is 2. The second-order valence-electron chi connectivity index (χ2n) is 6.51. The Bertz CT molecular complexity index is 744. The molecular formula is C20H20O3. The van der Waals surface area contributed by atoms with E-state index in [0.29, 0.717) is 11.7 Å². The third-order valence-electron chi connectivity index (χ3n) is 5.12. The van der Waals surface area contributed by atoms with Gasteiger partial charge in [-0.15, -0.1) is 0 Å². The van der Waals surface area contributed by atoms with Gasteiger partial charge in [-0.2, -0.15) is 0 Å². The number of rotatable bonds is 2. The van der Waals surface area contributed by atoms with Gasteiger partial charge in [0.05, 0.1) is 0 Å².